The molecule has 0 saturated carbocycles. The number of rotatable bonds is 6. The largest absolute Gasteiger partial charge is 0.453 e. The number of carbonyl (C=O) groups excluding carboxylic acids is 1. The monoisotopic (exact) mass is 454 g/mol. The lowest BCUT2D eigenvalue weighted by molar-refractivity contribution is 0.0995. The van der Waals surface area contributed by atoms with E-state index in [4.69, 9.17) is 33.7 Å². The molecule has 0 aliphatic rings. The molecule has 2 aromatic heterocycles. The molecule has 2 N–H and O–H groups in total. The number of nitrogens with two attached hydrogens (primary N) is 1. The van der Waals surface area contributed by atoms with Gasteiger partial charge < -0.3 is 15.0 Å². The van der Waals surface area contributed by atoms with E-state index in [1.807, 2.05) is 30.3 Å². The highest BCUT2D eigenvalue weighted by atomic mass is 35.5. The van der Waals surface area contributed by atoms with Crippen molar-refractivity contribution in [2.24, 2.45) is 5.73 Å². The molecule has 9 heteroatoms. The van der Waals surface area contributed by atoms with Gasteiger partial charge in [0.25, 0.3) is 11.5 Å². The van der Waals surface area contributed by atoms with Crippen molar-refractivity contribution < 1.29 is 9.53 Å². The lowest BCUT2D eigenvalue weighted by Crippen LogP contribution is -2.18. The van der Waals surface area contributed by atoms with Crippen LogP contribution >= 0.6 is 23.2 Å². The Kier molecular flexibility index (Phi) is 5.79. The number of aromatic nitrogens is 3. The molecule has 7 nitrogen and oxygen atoms in total. The van der Waals surface area contributed by atoms with Crippen LogP contribution in [0.2, 0.25) is 10.0 Å². The summed E-state index contributed by atoms with van der Waals surface area (Å²) in [5, 5.41) is 4.55. The molecule has 0 aliphatic carbocycles. The summed E-state index contributed by atoms with van der Waals surface area (Å²) in [5.74, 6) is 0.00276. The van der Waals surface area contributed by atoms with E-state index in [2.05, 4.69) is 5.10 Å². The van der Waals surface area contributed by atoms with Gasteiger partial charge in [-0.1, -0.05) is 53.5 Å². The SMILES string of the molecule is NC(=O)c1ccn(-c2cc(Cl)c(Oc3ccc(=O)n(Cc4ccccc4)c3)c(Cl)c2)n1. The third-order valence-corrected chi connectivity index (χ3v) is 5.02. The summed E-state index contributed by atoms with van der Waals surface area (Å²) < 4.78 is 8.85. The first-order chi connectivity index (χ1) is 14.9. The Hall–Kier alpha value is -3.55. The van der Waals surface area contributed by atoms with Crippen LogP contribution in [-0.4, -0.2) is 20.3 Å². The zero-order valence-electron chi connectivity index (χ0n) is 16.0. The number of halogens is 2. The maximum atomic E-state index is 12.2. The Labute approximate surface area is 187 Å². The van der Waals surface area contributed by atoms with E-state index in [0.717, 1.165) is 5.56 Å². The first kappa shape index (κ1) is 20.7. The van der Waals surface area contributed by atoms with Gasteiger partial charge in [-0.2, -0.15) is 5.10 Å². The van der Waals surface area contributed by atoms with Crippen LogP contribution in [-0.2, 0) is 6.54 Å². The van der Waals surface area contributed by atoms with Crippen molar-refractivity contribution in [1.29, 1.82) is 0 Å². The number of pyridine rings is 1. The molecule has 0 saturated heterocycles. The van der Waals surface area contributed by atoms with E-state index in [9.17, 15) is 9.59 Å². The minimum Gasteiger partial charge on any atom is -0.453 e. The minimum absolute atomic E-state index is 0.119. The van der Waals surface area contributed by atoms with Gasteiger partial charge in [0.1, 0.15) is 11.4 Å². The molecule has 156 valence electrons. The van der Waals surface area contributed by atoms with Crippen molar-refractivity contribution in [3.8, 4) is 17.2 Å². The van der Waals surface area contributed by atoms with Gasteiger partial charge in [-0.25, -0.2) is 4.68 Å². The van der Waals surface area contributed by atoms with Gasteiger partial charge in [-0.15, -0.1) is 0 Å². The van der Waals surface area contributed by atoms with E-state index < -0.39 is 5.91 Å². The van der Waals surface area contributed by atoms with E-state index in [-0.39, 0.29) is 27.0 Å². The van der Waals surface area contributed by atoms with Gasteiger partial charge in [-0.3, -0.25) is 9.59 Å². The molecule has 0 radical (unpaired) electrons. The van der Waals surface area contributed by atoms with Gasteiger partial charge in [0.15, 0.2) is 5.75 Å². The van der Waals surface area contributed by atoms with Crippen LogP contribution < -0.4 is 16.0 Å². The van der Waals surface area contributed by atoms with Gasteiger partial charge in [0.05, 0.1) is 28.5 Å². The number of primary amides is 1. The van der Waals surface area contributed by atoms with Crippen LogP contribution in [0.5, 0.6) is 11.5 Å². The minimum atomic E-state index is -0.637. The predicted octanol–water partition coefficient (Wildman–Crippen LogP) is 4.28. The van der Waals surface area contributed by atoms with Crippen LogP contribution in [0, 0.1) is 0 Å². The summed E-state index contributed by atoms with van der Waals surface area (Å²) in [6, 6.07) is 17.3. The normalized spacial score (nSPS) is 10.8. The second-order valence-corrected chi connectivity index (χ2v) is 7.48. The third-order valence-electron chi connectivity index (χ3n) is 4.46. The predicted molar refractivity (Wildman–Crippen MR) is 118 cm³/mol. The molecule has 0 unspecified atom stereocenters. The van der Waals surface area contributed by atoms with E-state index in [0.29, 0.717) is 18.0 Å². The second kappa shape index (κ2) is 8.67. The molecule has 0 aliphatic heterocycles. The fraction of sp³-hybridized carbons (Fsp3) is 0.0455. The second-order valence-electron chi connectivity index (χ2n) is 6.67. The topological polar surface area (TPSA) is 92.1 Å². The smallest absolute Gasteiger partial charge is 0.269 e. The Balaban J connectivity index is 1.61. The lowest BCUT2D eigenvalue weighted by atomic mass is 10.2. The first-order valence-corrected chi connectivity index (χ1v) is 9.93. The number of carbonyl (C=O) groups is 1. The fourth-order valence-corrected chi connectivity index (χ4v) is 3.52. The zero-order valence-corrected chi connectivity index (χ0v) is 17.5. The average Bonchev–Trinajstić information content (AvgIpc) is 3.24. The van der Waals surface area contributed by atoms with Gasteiger partial charge in [0, 0.05) is 12.3 Å². The molecule has 1 amide bonds. The fourth-order valence-electron chi connectivity index (χ4n) is 2.97. The third kappa shape index (κ3) is 4.63. The Morgan fingerprint density at radius 2 is 1.74 bits per heavy atom. The number of benzene rings is 2. The van der Waals surface area contributed by atoms with E-state index >= 15 is 0 Å². The molecule has 31 heavy (non-hydrogen) atoms. The molecule has 0 spiro atoms. The highest BCUT2D eigenvalue weighted by Gasteiger charge is 2.14. The molecule has 4 aromatic rings. The highest BCUT2D eigenvalue weighted by Crippen LogP contribution is 2.38. The summed E-state index contributed by atoms with van der Waals surface area (Å²) in [5.41, 5.74) is 6.71. The number of amides is 1. The number of hydrogen-bond acceptors (Lipinski definition) is 4. The Morgan fingerprint density at radius 3 is 2.39 bits per heavy atom. The molecule has 0 bridgehead atoms. The van der Waals surface area contributed by atoms with Crippen molar-refractivity contribution >= 4 is 29.1 Å². The number of nitrogens with zero attached hydrogens (tertiary/aromatic N) is 3. The Bertz CT molecular complexity index is 1290. The van der Waals surface area contributed by atoms with E-state index in [1.165, 1.54) is 21.4 Å². The molecular weight excluding hydrogens is 439 g/mol. The quantitative estimate of drug-likeness (QED) is 0.470. The summed E-state index contributed by atoms with van der Waals surface area (Å²) in [6.45, 7) is 0.402. The maximum absolute atomic E-state index is 12.2. The molecule has 0 fully saturated rings. The van der Waals surface area contributed by atoms with Gasteiger partial charge >= 0.3 is 0 Å². The number of hydrogen-bond donors (Lipinski definition) is 1. The van der Waals surface area contributed by atoms with Crippen molar-refractivity contribution in [2.75, 3.05) is 0 Å². The summed E-state index contributed by atoms with van der Waals surface area (Å²) in [4.78, 5) is 23.5. The van der Waals surface area contributed by atoms with Crippen LogP contribution in [0.15, 0.2) is 77.9 Å². The van der Waals surface area contributed by atoms with Crippen molar-refractivity contribution in [3.05, 3.63) is 105 Å². The molecule has 4 rings (SSSR count). The summed E-state index contributed by atoms with van der Waals surface area (Å²) in [6.07, 6.45) is 3.17. The molecular formula is C22H16Cl2N4O3. The molecule has 2 aromatic carbocycles. The lowest BCUT2D eigenvalue weighted by Gasteiger charge is -2.13. The van der Waals surface area contributed by atoms with E-state index in [1.54, 1.807) is 30.6 Å². The number of ether oxygens (including phenoxy) is 1. The van der Waals surface area contributed by atoms with Crippen molar-refractivity contribution in [3.63, 3.8) is 0 Å². The summed E-state index contributed by atoms with van der Waals surface area (Å²) in [7, 11) is 0. The standard InChI is InChI=1S/C22H16Cl2N4O3/c23-17-10-15(28-9-8-19(26-28)22(25)30)11-18(24)21(17)31-16-6-7-20(29)27(13-16)12-14-4-2-1-3-5-14/h1-11,13H,12H2,(H2,25,30). The zero-order chi connectivity index (χ0) is 22.0. The summed E-state index contributed by atoms with van der Waals surface area (Å²) >= 11 is 12.8. The maximum Gasteiger partial charge on any atom is 0.269 e. The van der Waals surface area contributed by atoms with Crippen LogP contribution in [0.3, 0.4) is 0 Å². The molecule has 0 atom stereocenters. The van der Waals surface area contributed by atoms with Crippen LogP contribution in [0.25, 0.3) is 5.69 Å². The van der Waals surface area contributed by atoms with Crippen LogP contribution in [0.4, 0.5) is 0 Å². The van der Waals surface area contributed by atoms with Crippen molar-refractivity contribution in [2.45, 2.75) is 6.54 Å². The van der Waals surface area contributed by atoms with Gasteiger partial charge in [0.2, 0.25) is 0 Å². The molecule has 2 heterocycles. The Morgan fingerprint density at radius 1 is 1.03 bits per heavy atom. The first-order valence-electron chi connectivity index (χ1n) is 9.18. The average molecular weight is 455 g/mol. The highest BCUT2D eigenvalue weighted by molar-refractivity contribution is 6.37. The van der Waals surface area contributed by atoms with Crippen molar-refractivity contribution in [1.82, 2.24) is 14.3 Å². The van der Waals surface area contributed by atoms with Gasteiger partial charge in [-0.05, 0) is 29.8 Å². The van der Waals surface area contributed by atoms with Crippen LogP contribution in [0.1, 0.15) is 16.1 Å².